The van der Waals surface area contributed by atoms with Gasteiger partial charge in [0.2, 0.25) is 11.8 Å². The number of anilines is 1. The van der Waals surface area contributed by atoms with Crippen LogP contribution < -0.4 is 15.0 Å². The van der Waals surface area contributed by atoms with Crippen LogP contribution in [0.5, 0.6) is 5.88 Å². The van der Waals surface area contributed by atoms with Crippen LogP contribution >= 0.6 is 0 Å². The molecule has 3 heterocycles. The van der Waals surface area contributed by atoms with E-state index in [0.717, 1.165) is 29.1 Å². The van der Waals surface area contributed by atoms with E-state index >= 15 is 0 Å². The van der Waals surface area contributed by atoms with Gasteiger partial charge >= 0.3 is 0 Å². The maximum atomic E-state index is 12.4. The van der Waals surface area contributed by atoms with Crippen molar-refractivity contribution in [2.45, 2.75) is 46.3 Å². The second-order valence-corrected chi connectivity index (χ2v) is 9.01. The summed E-state index contributed by atoms with van der Waals surface area (Å²) in [6, 6.07) is 12.3. The topological polar surface area (TPSA) is 74.7 Å². The highest BCUT2D eigenvalue weighted by Crippen LogP contribution is 2.44. The predicted molar refractivity (Wildman–Crippen MR) is 117 cm³/mol. The lowest BCUT2D eigenvalue weighted by molar-refractivity contribution is -0.128. The van der Waals surface area contributed by atoms with E-state index < -0.39 is 0 Å². The minimum absolute atomic E-state index is 0.137. The fraction of sp³-hybridized carbons (Fsp3) is 0.500. The average Bonchev–Trinajstić information content (AvgIpc) is 2.97. The Labute approximate surface area is 178 Å². The Kier molecular flexibility index (Phi) is 5.45. The number of β-amino-alcohol motifs (C(OH)–C–C–N with tert-alkyl or cyclic N) is 1. The number of ether oxygens (including phenoxy) is 1. The van der Waals surface area contributed by atoms with Crippen molar-refractivity contribution in [1.29, 1.82) is 0 Å². The number of hydrogen-bond acceptors (Lipinski definition) is 5. The number of amides is 1. The van der Waals surface area contributed by atoms with Gasteiger partial charge in [-0.3, -0.25) is 4.79 Å². The monoisotopic (exact) mass is 409 g/mol. The summed E-state index contributed by atoms with van der Waals surface area (Å²) in [5, 5.41) is 12.5. The quantitative estimate of drug-likeness (QED) is 0.767. The van der Waals surface area contributed by atoms with Gasteiger partial charge in [-0.15, -0.1) is 0 Å². The molecule has 6 nitrogen and oxygen atoms in total. The van der Waals surface area contributed by atoms with Crippen LogP contribution in [0.1, 0.15) is 43.5 Å². The highest BCUT2D eigenvalue weighted by Gasteiger charge is 2.48. The maximum absolute atomic E-state index is 12.4. The third-order valence-electron chi connectivity index (χ3n) is 6.99. The summed E-state index contributed by atoms with van der Waals surface area (Å²) in [5.74, 6) is 1.17. The molecule has 0 saturated carbocycles. The zero-order chi connectivity index (χ0) is 21.5. The Morgan fingerprint density at radius 2 is 2.00 bits per heavy atom. The van der Waals surface area contributed by atoms with Gasteiger partial charge in [0.1, 0.15) is 6.61 Å². The summed E-state index contributed by atoms with van der Waals surface area (Å²) < 4.78 is 5.95. The lowest BCUT2D eigenvalue weighted by Crippen LogP contribution is -2.50. The Hall–Kier alpha value is -2.60. The summed E-state index contributed by atoms with van der Waals surface area (Å²) in [5.41, 5.74) is 3.76. The van der Waals surface area contributed by atoms with Crippen LogP contribution in [0.3, 0.4) is 0 Å². The molecule has 1 amide bonds. The van der Waals surface area contributed by atoms with Gasteiger partial charge in [-0.1, -0.05) is 38.1 Å². The Balaban J connectivity index is 1.41. The second kappa shape index (κ2) is 7.91. The number of nitrogens with zero attached hydrogens (tertiary/aromatic N) is 2. The molecule has 2 saturated heterocycles. The number of hydrogen-bond donors (Lipinski definition) is 2. The minimum Gasteiger partial charge on any atom is -0.473 e. The molecule has 4 rings (SSSR count). The summed E-state index contributed by atoms with van der Waals surface area (Å²) in [4.78, 5) is 19.0. The summed E-state index contributed by atoms with van der Waals surface area (Å²) >= 11 is 0. The molecule has 1 aromatic heterocycles. The molecule has 1 aromatic carbocycles. The number of rotatable bonds is 6. The normalized spacial score (nSPS) is 25.0. The Morgan fingerprint density at radius 1 is 1.30 bits per heavy atom. The molecule has 30 heavy (non-hydrogen) atoms. The molecule has 0 radical (unpaired) electrons. The van der Waals surface area contributed by atoms with Crippen molar-refractivity contribution in [3.63, 3.8) is 0 Å². The number of benzene rings is 1. The average molecular weight is 410 g/mol. The molecular formula is C24H31N3O3. The first-order valence-corrected chi connectivity index (χ1v) is 10.7. The van der Waals surface area contributed by atoms with Gasteiger partial charge in [0, 0.05) is 37.1 Å². The van der Waals surface area contributed by atoms with E-state index in [1.807, 2.05) is 19.1 Å². The number of aryl methyl sites for hydroxylation is 1. The van der Waals surface area contributed by atoms with Gasteiger partial charge in [-0.2, -0.15) is 0 Å². The summed E-state index contributed by atoms with van der Waals surface area (Å²) in [7, 11) is 0. The standard InChI is InChI=1S/C24H31N3O3/c1-15-11-25-23(29)24(15,4)17(3)19-7-5-18(6-8-19)14-30-22-10-20(9-16(2)26-22)27-12-21(28)13-27/h5-10,15,17,21,28H,11-14H2,1-4H3,(H,25,29)/t15-,17+,24-/m0/s1. The molecular weight excluding hydrogens is 378 g/mol. The van der Waals surface area contributed by atoms with Gasteiger partial charge in [-0.05, 0) is 42.9 Å². The van der Waals surface area contributed by atoms with Gasteiger partial charge in [0.15, 0.2) is 0 Å². The first-order valence-electron chi connectivity index (χ1n) is 10.7. The van der Waals surface area contributed by atoms with Gasteiger partial charge in [0.05, 0.1) is 11.5 Å². The Morgan fingerprint density at radius 3 is 2.60 bits per heavy atom. The van der Waals surface area contributed by atoms with E-state index in [1.165, 1.54) is 0 Å². The zero-order valence-electron chi connectivity index (χ0n) is 18.2. The maximum Gasteiger partial charge on any atom is 0.226 e. The van der Waals surface area contributed by atoms with Crippen molar-refractivity contribution in [3.8, 4) is 5.88 Å². The molecule has 2 aliphatic rings. The number of carbonyl (C=O) groups is 1. The molecule has 6 heteroatoms. The van der Waals surface area contributed by atoms with Gasteiger partial charge in [-0.25, -0.2) is 4.98 Å². The Bertz CT molecular complexity index is 924. The van der Waals surface area contributed by atoms with Crippen LogP contribution in [0.2, 0.25) is 0 Å². The lowest BCUT2D eigenvalue weighted by Gasteiger charge is -2.38. The van der Waals surface area contributed by atoms with Crippen LogP contribution in [-0.2, 0) is 11.4 Å². The van der Waals surface area contributed by atoms with Crippen LogP contribution in [0.4, 0.5) is 5.69 Å². The van der Waals surface area contributed by atoms with Crippen molar-refractivity contribution < 1.29 is 14.6 Å². The summed E-state index contributed by atoms with van der Waals surface area (Å²) in [6.45, 7) is 10.8. The van der Waals surface area contributed by atoms with E-state index in [0.29, 0.717) is 31.5 Å². The fourth-order valence-electron chi connectivity index (χ4n) is 4.44. The van der Waals surface area contributed by atoms with Crippen molar-refractivity contribution in [2.75, 3.05) is 24.5 Å². The third-order valence-corrected chi connectivity index (χ3v) is 6.99. The van der Waals surface area contributed by atoms with Crippen molar-refractivity contribution >= 4 is 11.6 Å². The highest BCUT2D eigenvalue weighted by molar-refractivity contribution is 5.85. The second-order valence-electron chi connectivity index (χ2n) is 9.01. The number of aliphatic hydroxyl groups is 1. The van der Waals surface area contributed by atoms with Crippen LogP contribution in [-0.4, -0.2) is 41.7 Å². The minimum atomic E-state index is -0.385. The smallest absolute Gasteiger partial charge is 0.226 e. The van der Waals surface area contributed by atoms with Gasteiger partial charge in [0.25, 0.3) is 0 Å². The molecule has 2 fully saturated rings. The lowest BCUT2D eigenvalue weighted by atomic mass is 9.68. The first-order chi connectivity index (χ1) is 14.3. The largest absolute Gasteiger partial charge is 0.473 e. The van der Waals surface area contributed by atoms with Crippen molar-refractivity contribution in [1.82, 2.24) is 10.3 Å². The number of carbonyl (C=O) groups excluding carboxylic acids is 1. The number of nitrogens with one attached hydrogen (secondary N) is 1. The highest BCUT2D eigenvalue weighted by atomic mass is 16.5. The number of pyridine rings is 1. The molecule has 2 aliphatic heterocycles. The van der Waals surface area contributed by atoms with E-state index in [4.69, 9.17) is 4.74 Å². The van der Waals surface area contributed by atoms with Crippen LogP contribution in [0.15, 0.2) is 36.4 Å². The predicted octanol–water partition coefficient (Wildman–Crippen LogP) is 3.03. The van der Waals surface area contributed by atoms with E-state index in [1.54, 1.807) is 0 Å². The molecule has 160 valence electrons. The van der Waals surface area contributed by atoms with E-state index in [2.05, 4.69) is 60.2 Å². The third kappa shape index (κ3) is 3.76. The first kappa shape index (κ1) is 20.7. The molecule has 0 aliphatic carbocycles. The molecule has 3 atom stereocenters. The SMILES string of the molecule is Cc1cc(N2CC(O)C2)cc(OCc2ccc([C@@H](C)[C@@]3(C)C(=O)NC[C@@H]3C)cc2)n1. The fourth-order valence-corrected chi connectivity index (χ4v) is 4.44. The van der Waals surface area contributed by atoms with Crippen LogP contribution in [0, 0.1) is 18.3 Å². The number of aromatic nitrogens is 1. The molecule has 0 spiro atoms. The molecule has 2 N–H and O–H groups in total. The molecule has 2 aromatic rings. The molecule has 0 unspecified atom stereocenters. The number of aliphatic hydroxyl groups excluding tert-OH is 1. The summed E-state index contributed by atoms with van der Waals surface area (Å²) in [6.07, 6.45) is -0.246. The van der Waals surface area contributed by atoms with Crippen molar-refractivity contribution in [2.24, 2.45) is 11.3 Å². The van der Waals surface area contributed by atoms with Crippen molar-refractivity contribution in [3.05, 3.63) is 53.2 Å². The van der Waals surface area contributed by atoms with Crippen LogP contribution in [0.25, 0.3) is 0 Å². The van der Waals surface area contributed by atoms with Gasteiger partial charge < -0.3 is 20.1 Å². The zero-order valence-corrected chi connectivity index (χ0v) is 18.2. The van der Waals surface area contributed by atoms with E-state index in [9.17, 15) is 9.90 Å². The molecule has 0 bridgehead atoms. The van der Waals surface area contributed by atoms with E-state index in [-0.39, 0.29) is 23.3 Å².